The van der Waals surface area contributed by atoms with Gasteiger partial charge < -0.3 is 9.90 Å². The first-order chi connectivity index (χ1) is 4.74. The van der Waals surface area contributed by atoms with Gasteiger partial charge in [0.2, 0.25) is 0 Å². The van der Waals surface area contributed by atoms with Crippen LogP contribution in [-0.4, -0.2) is 11.0 Å². The molecule has 0 aliphatic rings. The quantitative estimate of drug-likeness (QED) is 0.457. The fourth-order valence-corrected chi connectivity index (χ4v) is 1.30. The van der Waals surface area contributed by atoms with E-state index in [-0.39, 0.29) is 34.6 Å². The number of aromatic nitrogens is 1. The van der Waals surface area contributed by atoms with Crippen molar-refractivity contribution in [2.45, 2.75) is 13.3 Å². The second-order valence-electron chi connectivity index (χ2n) is 1.79. The normalized spacial score (nSPS) is 8.82. The molecule has 0 N–H and O–H groups in total. The summed E-state index contributed by atoms with van der Waals surface area (Å²) in [6.07, 6.45) is 0.768. The molecule has 0 aliphatic heterocycles. The van der Waals surface area contributed by atoms with Crippen molar-refractivity contribution in [2.75, 3.05) is 0 Å². The number of hydrogen-bond acceptors (Lipinski definition) is 4. The van der Waals surface area contributed by atoms with Gasteiger partial charge in [-0.3, -0.25) is 0 Å². The van der Waals surface area contributed by atoms with E-state index >= 15 is 0 Å². The molecule has 0 spiro atoms. The van der Waals surface area contributed by atoms with E-state index in [0.717, 1.165) is 23.5 Å². The maximum Gasteiger partial charge on any atom is 1.00 e. The van der Waals surface area contributed by atoms with Gasteiger partial charge in [-0.1, -0.05) is 6.92 Å². The first kappa shape index (κ1) is 11.1. The third kappa shape index (κ3) is 2.91. The maximum atomic E-state index is 10.2. The number of rotatable bonds is 2. The Hall–Kier alpha value is 0.100. The fourth-order valence-electron chi connectivity index (χ4n) is 0.563. The molecule has 0 atom stereocenters. The number of carbonyl (C=O) groups is 1. The number of carbonyl (C=O) groups excluding carboxylic acids is 1. The Morgan fingerprint density at radius 3 is 2.73 bits per heavy atom. The predicted molar refractivity (Wildman–Crippen MR) is 35.8 cm³/mol. The van der Waals surface area contributed by atoms with Crippen LogP contribution in [-0.2, 0) is 6.42 Å². The molecular weight excluding hydrogens is 173 g/mol. The van der Waals surface area contributed by atoms with Crippen LogP contribution in [0, 0.1) is 0 Å². The minimum absolute atomic E-state index is 0. The molecule has 0 fully saturated rings. The first-order valence-corrected chi connectivity index (χ1v) is 3.77. The summed E-state index contributed by atoms with van der Waals surface area (Å²) in [7, 11) is 0. The first-order valence-electron chi connectivity index (χ1n) is 2.89. The number of carboxylic acid groups (broad SMARTS) is 1. The fraction of sp³-hybridized carbons (Fsp3) is 0.333. The Kier molecular flexibility index (Phi) is 4.92. The van der Waals surface area contributed by atoms with Crippen molar-refractivity contribution in [1.82, 2.24) is 4.98 Å². The molecule has 0 saturated heterocycles. The molecule has 0 amide bonds. The second-order valence-corrected chi connectivity index (χ2v) is 2.64. The third-order valence-corrected chi connectivity index (χ3v) is 1.96. The van der Waals surface area contributed by atoms with Gasteiger partial charge in [0.05, 0.1) is 5.69 Å². The van der Waals surface area contributed by atoms with Gasteiger partial charge in [0.15, 0.2) is 0 Å². The Morgan fingerprint density at radius 1 is 1.82 bits per heavy atom. The van der Waals surface area contributed by atoms with Gasteiger partial charge in [0.1, 0.15) is 11.0 Å². The van der Waals surface area contributed by atoms with Crippen molar-refractivity contribution in [3.8, 4) is 0 Å². The Morgan fingerprint density at radius 2 is 2.45 bits per heavy atom. The minimum Gasteiger partial charge on any atom is -0.542 e. The van der Waals surface area contributed by atoms with Crippen LogP contribution in [0.5, 0.6) is 0 Å². The molecule has 1 aromatic rings. The van der Waals surface area contributed by atoms with Crippen molar-refractivity contribution in [1.29, 1.82) is 0 Å². The average Bonchev–Trinajstić information content (AvgIpc) is 2.34. The van der Waals surface area contributed by atoms with Gasteiger partial charge >= 0.3 is 29.6 Å². The molecule has 1 aromatic heterocycles. The zero-order valence-electron chi connectivity index (χ0n) is 6.46. The van der Waals surface area contributed by atoms with Crippen LogP contribution in [0.3, 0.4) is 0 Å². The number of hydrogen-bond donors (Lipinski definition) is 0. The molecule has 0 unspecified atom stereocenters. The van der Waals surface area contributed by atoms with Crippen LogP contribution >= 0.6 is 11.3 Å². The summed E-state index contributed by atoms with van der Waals surface area (Å²) in [6, 6.07) is 0. The molecule has 0 saturated carbocycles. The Labute approximate surface area is 90.8 Å². The third-order valence-electron chi connectivity index (χ3n) is 1.09. The minimum atomic E-state index is -1.19. The van der Waals surface area contributed by atoms with Crippen LogP contribution < -0.4 is 34.7 Å². The van der Waals surface area contributed by atoms with Gasteiger partial charge in [0.25, 0.3) is 0 Å². The summed E-state index contributed by atoms with van der Waals surface area (Å²) in [5.74, 6) is -1.19. The molecule has 54 valence electrons. The van der Waals surface area contributed by atoms with Gasteiger partial charge in [0, 0.05) is 5.38 Å². The smallest absolute Gasteiger partial charge is 0.542 e. The number of nitrogens with zero attached hydrogens (tertiary/aromatic N) is 1. The molecule has 0 radical (unpaired) electrons. The number of aryl methyl sites for hydroxylation is 1. The summed E-state index contributed by atoms with van der Waals surface area (Å²) in [5.41, 5.74) is 0.809. The van der Waals surface area contributed by atoms with E-state index in [1.165, 1.54) is 0 Å². The molecule has 1 rings (SSSR count). The van der Waals surface area contributed by atoms with E-state index in [0.29, 0.717) is 0 Å². The van der Waals surface area contributed by atoms with E-state index in [2.05, 4.69) is 4.98 Å². The summed E-state index contributed by atoms with van der Waals surface area (Å²) < 4.78 is 0. The zero-order valence-corrected chi connectivity index (χ0v) is 9.27. The summed E-state index contributed by atoms with van der Waals surface area (Å²) in [6.45, 7) is 1.92. The standard InChI is InChI=1S/C6H7NO2S.Na/c1-2-4-3-10-5(7-4)6(8)9;/h3H,2H2,1H3,(H,8,9);/q;+1/p-1. The SMILES string of the molecule is CCc1csc(C(=O)[O-])n1.[Na+]. The Balaban J connectivity index is 0.000001000. The number of aromatic carboxylic acids is 1. The number of carboxylic acids is 1. The van der Waals surface area contributed by atoms with E-state index in [1.54, 1.807) is 5.38 Å². The van der Waals surface area contributed by atoms with Crippen LogP contribution in [0.4, 0.5) is 0 Å². The molecular formula is C6H6NNaO2S. The van der Waals surface area contributed by atoms with Crippen molar-refractivity contribution in [3.05, 3.63) is 16.1 Å². The largest absolute Gasteiger partial charge is 1.00 e. The summed E-state index contributed by atoms with van der Waals surface area (Å²) in [5, 5.41) is 12.0. The van der Waals surface area contributed by atoms with Crippen LogP contribution in [0.1, 0.15) is 22.4 Å². The monoisotopic (exact) mass is 179 g/mol. The zero-order chi connectivity index (χ0) is 7.56. The molecule has 0 aromatic carbocycles. The summed E-state index contributed by atoms with van der Waals surface area (Å²) in [4.78, 5) is 14.0. The maximum absolute atomic E-state index is 10.2. The van der Waals surface area contributed by atoms with Crippen molar-refractivity contribution in [3.63, 3.8) is 0 Å². The van der Waals surface area contributed by atoms with E-state index in [1.807, 2.05) is 6.92 Å². The van der Waals surface area contributed by atoms with Gasteiger partial charge in [-0.2, -0.15) is 0 Å². The number of thiazole rings is 1. The molecule has 5 heteroatoms. The van der Waals surface area contributed by atoms with Crippen LogP contribution in [0.15, 0.2) is 5.38 Å². The van der Waals surface area contributed by atoms with E-state index in [9.17, 15) is 9.90 Å². The van der Waals surface area contributed by atoms with E-state index < -0.39 is 5.97 Å². The van der Waals surface area contributed by atoms with Crippen molar-refractivity contribution < 1.29 is 39.5 Å². The molecule has 0 aliphatic carbocycles. The van der Waals surface area contributed by atoms with Gasteiger partial charge in [-0.05, 0) is 6.42 Å². The molecule has 1 heterocycles. The van der Waals surface area contributed by atoms with Crippen molar-refractivity contribution >= 4 is 17.3 Å². The van der Waals surface area contributed by atoms with Gasteiger partial charge in [-0.25, -0.2) is 4.98 Å². The Bertz CT molecular complexity index is 248. The summed E-state index contributed by atoms with van der Waals surface area (Å²) >= 11 is 1.11. The molecule has 3 nitrogen and oxygen atoms in total. The molecule has 11 heavy (non-hydrogen) atoms. The topological polar surface area (TPSA) is 53.0 Å². The average molecular weight is 179 g/mol. The van der Waals surface area contributed by atoms with Crippen molar-refractivity contribution in [2.24, 2.45) is 0 Å². The van der Waals surface area contributed by atoms with Crippen LogP contribution in [0.25, 0.3) is 0 Å². The predicted octanol–water partition coefficient (Wildman–Crippen LogP) is -2.93. The second kappa shape index (κ2) is 4.87. The molecule has 0 bridgehead atoms. The van der Waals surface area contributed by atoms with E-state index in [4.69, 9.17) is 0 Å². The van der Waals surface area contributed by atoms with Gasteiger partial charge in [-0.15, -0.1) is 11.3 Å². The van der Waals surface area contributed by atoms with Crippen LogP contribution in [0.2, 0.25) is 0 Å².